The highest BCUT2D eigenvalue weighted by molar-refractivity contribution is 7.94. The molecule has 0 saturated carbocycles. The number of rotatable bonds is 3. The Hall–Kier alpha value is -2.73. The lowest BCUT2D eigenvalue weighted by atomic mass is 10.2. The standard InChI is InChI=1S/C17H12N2O3S/c20-23(21)9-7-14-16(2-1-3-17(14)23)22-11-13-5-4-12-10-18-8-6-15(12)19-13/h1-10H,11H2. The van der Waals surface area contributed by atoms with Crippen LogP contribution in [0.1, 0.15) is 11.3 Å². The van der Waals surface area contributed by atoms with Gasteiger partial charge in [-0.15, -0.1) is 0 Å². The Morgan fingerprint density at radius 2 is 2.00 bits per heavy atom. The van der Waals surface area contributed by atoms with Crippen molar-refractivity contribution in [3.05, 3.63) is 65.5 Å². The van der Waals surface area contributed by atoms with Crippen LogP contribution in [0, 0.1) is 0 Å². The minimum atomic E-state index is -3.32. The smallest absolute Gasteiger partial charge is 0.200 e. The number of aromatic nitrogens is 2. The first-order valence-electron chi connectivity index (χ1n) is 7.02. The molecule has 0 N–H and O–H groups in total. The van der Waals surface area contributed by atoms with E-state index in [1.165, 1.54) is 5.41 Å². The van der Waals surface area contributed by atoms with E-state index >= 15 is 0 Å². The van der Waals surface area contributed by atoms with Gasteiger partial charge in [-0.2, -0.15) is 0 Å². The van der Waals surface area contributed by atoms with Crippen LogP contribution in [-0.4, -0.2) is 18.4 Å². The largest absolute Gasteiger partial charge is 0.487 e. The molecule has 5 nitrogen and oxygen atoms in total. The molecule has 0 amide bonds. The number of fused-ring (bicyclic) bond motifs is 2. The molecule has 0 radical (unpaired) electrons. The molecule has 1 aliphatic heterocycles. The van der Waals surface area contributed by atoms with Gasteiger partial charge in [-0.3, -0.25) is 4.98 Å². The lowest BCUT2D eigenvalue weighted by molar-refractivity contribution is 0.300. The van der Waals surface area contributed by atoms with Crippen LogP contribution in [0.25, 0.3) is 17.0 Å². The predicted octanol–water partition coefficient (Wildman–Crippen LogP) is 2.97. The molecule has 0 unspecified atom stereocenters. The van der Waals surface area contributed by atoms with Gasteiger partial charge in [-0.25, -0.2) is 13.4 Å². The second-order valence-electron chi connectivity index (χ2n) is 5.18. The Morgan fingerprint density at radius 3 is 2.91 bits per heavy atom. The number of sulfone groups is 1. The summed E-state index contributed by atoms with van der Waals surface area (Å²) in [7, 11) is -3.32. The van der Waals surface area contributed by atoms with Crippen molar-refractivity contribution >= 4 is 26.8 Å². The second-order valence-corrected chi connectivity index (χ2v) is 6.98. The first-order valence-corrected chi connectivity index (χ1v) is 8.57. The van der Waals surface area contributed by atoms with Gasteiger partial charge >= 0.3 is 0 Å². The van der Waals surface area contributed by atoms with Crippen LogP contribution in [0.15, 0.2) is 59.1 Å². The zero-order valence-corrected chi connectivity index (χ0v) is 12.8. The molecule has 1 aliphatic rings. The summed E-state index contributed by atoms with van der Waals surface area (Å²) in [5.74, 6) is 0.538. The summed E-state index contributed by atoms with van der Waals surface area (Å²) >= 11 is 0. The lowest BCUT2D eigenvalue weighted by Gasteiger charge is -2.10. The van der Waals surface area contributed by atoms with Gasteiger partial charge in [0.25, 0.3) is 0 Å². The molecule has 4 rings (SSSR count). The topological polar surface area (TPSA) is 69.2 Å². The molecule has 23 heavy (non-hydrogen) atoms. The van der Waals surface area contributed by atoms with Gasteiger partial charge in [0, 0.05) is 28.8 Å². The lowest BCUT2D eigenvalue weighted by Crippen LogP contribution is -2.01. The van der Waals surface area contributed by atoms with Crippen molar-refractivity contribution in [2.75, 3.05) is 0 Å². The second kappa shape index (κ2) is 5.17. The van der Waals surface area contributed by atoms with Gasteiger partial charge < -0.3 is 4.74 Å². The van der Waals surface area contributed by atoms with E-state index in [0.29, 0.717) is 11.3 Å². The third kappa shape index (κ3) is 2.47. The van der Waals surface area contributed by atoms with Crippen LogP contribution in [0.5, 0.6) is 5.75 Å². The van der Waals surface area contributed by atoms with E-state index in [0.717, 1.165) is 16.6 Å². The van der Waals surface area contributed by atoms with Crippen molar-refractivity contribution in [1.29, 1.82) is 0 Å². The number of nitrogens with zero attached hydrogens (tertiary/aromatic N) is 2. The van der Waals surface area contributed by atoms with Crippen molar-refractivity contribution in [2.24, 2.45) is 0 Å². The molecule has 0 spiro atoms. The molecule has 0 atom stereocenters. The van der Waals surface area contributed by atoms with Gasteiger partial charge in [0.1, 0.15) is 12.4 Å². The summed E-state index contributed by atoms with van der Waals surface area (Å²) in [5, 5.41) is 2.16. The fourth-order valence-electron chi connectivity index (χ4n) is 2.53. The Morgan fingerprint density at radius 1 is 1.09 bits per heavy atom. The zero-order chi connectivity index (χ0) is 15.9. The fraction of sp³-hybridized carbons (Fsp3) is 0.0588. The van der Waals surface area contributed by atoms with E-state index in [9.17, 15) is 8.42 Å². The predicted molar refractivity (Wildman–Crippen MR) is 86.5 cm³/mol. The van der Waals surface area contributed by atoms with Crippen molar-refractivity contribution in [1.82, 2.24) is 9.97 Å². The maximum absolute atomic E-state index is 11.9. The molecular weight excluding hydrogens is 312 g/mol. The Kier molecular flexibility index (Phi) is 3.12. The van der Waals surface area contributed by atoms with E-state index in [1.807, 2.05) is 18.2 Å². The minimum absolute atomic E-state index is 0.266. The molecule has 0 aliphatic carbocycles. The van der Waals surface area contributed by atoms with Crippen molar-refractivity contribution < 1.29 is 13.2 Å². The summed E-state index contributed by atoms with van der Waals surface area (Å²) in [6.45, 7) is 0.266. The molecule has 114 valence electrons. The van der Waals surface area contributed by atoms with Crippen LogP contribution in [0.3, 0.4) is 0 Å². The van der Waals surface area contributed by atoms with Gasteiger partial charge in [-0.1, -0.05) is 6.07 Å². The van der Waals surface area contributed by atoms with E-state index in [-0.39, 0.29) is 11.5 Å². The number of pyridine rings is 2. The van der Waals surface area contributed by atoms with Crippen LogP contribution in [0.4, 0.5) is 0 Å². The number of hydrogen-bond acceptors (Lipinski definition) is 5. The summed E-state index contributed by atoms with van der Waals surface area (Å²) in [6, 6.07) is 10.7. The molecule has 3 aromatic rings. The molecule has 0 bridgehead atoms. The van der Waals surface area contributed by atoms with Crippen LogP contribution in [0.2, 0.25) is 0 Å². The highest BCUT2D eigenvalue weighted by atomic mass is 32.2. The highest BCUT2D eigenvalue weighted by Crippen LogP contribution is 2.34. The molecule has 3 heterocycles. The molecule has 6 heteroatoms. The maximum Gasteiger partial charge on any atom is 0.200 e. The maximum atomic E-state index is 11.9. The van der Waals surface area contributed by atoms with E-state index in [4.69, 9.17) is 4.74 Å². The Balaban J connectivity index is 1.62. The number of hydrogen-bond donors (Lipinski definition) is 0. The number of ether oxygens (including phenoxy) is 1. The first kappa shape index (κ1) is 13.9. The highest BCUT2D eigenvalue weighted by Gasteiger charge is 2.23. The third-order valence-electron chi connectivity index (χ3n) is 3.67. The summed E-state index contributed by atoms with van der Waals surface area (Å²) in [5.41, 5.74) is 2.21. The van der Waals surface area contributed by atoms with Crippen LogP contribution < -0.4 is 4.74 Å². The van der Waals surface area contributed by atoms with Crippen molar-refractivity contribution in [3.8, 4) is 5.75 Å². The minimum Gasteiger partial charge on any atom is -0.487 e. The third-order valence-corrected chi connectivity index (χ3v) is 5.13. The molecule has 0 fully saturated rings. The van der Waals surface area contributed by atoms with Gasteiger partial charge in [0.2, 0.25) is 9.84 Å². The van der Waals surface area contributed by atoms with E-state index in [2.05, 4.69) is 9.97 Å². The molecule has 2 aromatic heterocycles. The SMILES string of the molecule is O=S1(=O)C=Cc2c(OCc3ccc4cnccc4n3)cccc21. The zero-order valence-electron chi connectivity index (χ0n) is 12.0. The molecular formula is C17H12N2O3S. The molecule has 0 saturated heterocycles. The van der Waals surface area contributed by atoms with Crippen LogP contribution in [-0.2, 0) is 16.4 Å². The Labute approximate surface area is 133 Å². The quantitative estimate of drug-likeness (QED) is 0.741. The first-order chi connectivity index (χ1) is 11.1. The Bertz CT molecular complexity index is 1040. The number of benzene rings is 1. The average molecular weight is 324 g/mol. The van der Waals surface area contributed by atoms with Gasteiger partial charge in [0.05, 0.1) is 16.1 Å². The monoisotopic (exact) mass is 324 g/mol. The van der Waals surface area contributed by atoms with E-state index in [1.54, 1.807) is 36.7 Å². The van der Waals surface area contributed by atoms with Gasteiger partial charge in [-0.05, 0) is 36.4 Å². The van der Waals surface area contributed by atoms with Crippen molar-refractivity contribution in [2.45, 2.75) is 11.5 Å². The van der Waals surface area contributed by atoms with Crippen molar-refractivity contribution in [3.63, 3.8) is 0 Å². The summed E-state index contributed by atoms with van der Waals surface area (Å²) in [4.78, 5) is 8.85. The average Bonchev–Trinajstić information content (AvgIpc) is 2.89. The molecule has 1 aromatic carbocycles. The fourth-order valence-corrected chi connectivity index (χ4v) is 3.74. The summed E-state index contributed by atoms with van der Waals surface area (Å²) in [6.07, 6.45) is 5.02. The van der Waals surface area contributed by atoms with Gasteiger partial charge in [0.15, 0.2) is 0 Å². The normalized spacial score (nSPS) is 14.8. The summed E-state index contributed by atoms with van der Waals surface area (Å²) < 4.78 is 29.5. The van der Waals surface area contributed by atoms with E-state index < -0.39 is 9.84 Å². The van der Waals surface area contributed by atoms with Crippen LogP contribution >= 0.6 is 0 Å².